The zero-order chi connectivity index (χ0) is 15.4. The summed E-state index contributed by atoms with van der Waals surface area (Å²) in [6, 6.07) is 0. The number of nitrogens with zero attached hydrogens (tertiary/aromatic N) is 2. The van der Waals surface area contributed by atoms with Gasteiger partial charge in [0.2, 0.25) is 0 Å². The van der Waals surface area contributed by atoms with Crippen LogP contribution in [0.1, 0.15) is 6.92 Å². The molecule has 2 rings (SSSR count). The van der Waals surface area contributed by atoms with Crippen LogP contribution in [0.15, 0.2) is 11.2 Å². The summed E-state index contributed by atoms with van der Waals surface area (Å²) in [5, 5.41) is 8.09. The molecule has 2 N–H and O–H groups in total. The molecule has 7 heteroatoms. The number of ether oxygens (including phenoxy) is 2. The molecular weight excluding hydrogens is 288 g/mol. The molecule has 0 radical (unpaired) electrons. The van der Waals surface area contributed by atoms with Gasteiger partial charge in [0.15, 0.2) is 0 Å². The van der Waals surface area contributed by atoms with E-state index in [1.807, 2.05) is 13.2 Å². The Morgan fingerprint density at radius 3 is 2.90 bits per heavy atom. The van der Waals surface area contributed by atoms with Gasteiger partial charge in [-0.25, -0.2) is 4.98 Å². The second-order valence-electron chi connectivity index (χ2n) is 5.05. The van der Waals surface area contributed by atoms with Crippen LogP contribution in [0, 0.1) is 0 Å². The van der Waals surface area contributed by atoms with E-state index in [2.05, 4.69) is 34.5 Å². The summed E-state index contributed by atoms with van der Waals surface area (Å²) in [5.74, 6) is 0. The predicted octanol–water partition coefficient (Wildman–Crippen LogP) is 2.08. The van der Waals surface area contributed by atoms with Gasteiger partial charge in [0.25, 0.3) is 0 Å². The summed E-state index contributed by atoms with van der Waals surface area (Å²) in [6.45, 7) is 3.45. The van der Waals surface area contributed by atoms with E-state index in [4.69, 9.17) is 9.47 Å². The van der Waals surface area contributed by atoms with Gasteiger partial charge in [-0.3, -0.25) is 0 Å². The first-order valence-electron chi connectivity index (χ1n) is 6.97. The van der Waals surface area contributed by atoms with Gasteiger partial charge in [-0.15, -0.1) is 0 Å². The highest BCUT2D eigenvalue weighted by Crippen LogP contribution is 2.45. The molecule has 0 saturated carbocycles. The van der Waals surface area contributed by atoms with Crippen molar-refractivity contribution in [2.75, 3.05) is 57.0 Å². The van der Waals surface area contributed by atoms with E-state index in [-0.39, 0.29) is 6.10 Å². The Hall–Kier alpha value is -1.18. The van der Waals surface area contributed by atoms with E-state index in [1.165, 1.54) is 0 Å². The van der Waals surface area contributed by atoms with Crippen molar-refractivity contribution in [1.29, 1.82) is 0 Å². The summed E-state index contributed by atoms with van der Waals surface area (Å²) in [4.78, 5) is 6.70. The van der Waals surface area contributed by atoms with E-state index < -0.39 is 0 Å². The van der Waals surface area contributed by atoms with Crippen molar-refractivity contribution in [3.05, 3.63) is 6.20 Å². The van der Waals surface area contributed by atoms with Gasteiger partial charge in [-0.2, -0.15) is 0 Å². The lowest BCUT2D eigenvalue weighted by molar-refractivity contribution is 0.0335. The van der Waals surface area contributed by atoms with Crippen LogP contribution in [-0.2, 0) is 9.47 Å². The molecule has 0 aliphatic carbocycles. The standard InChI is InChI=1S/C14H24N4O2S/c1-9-17-12-13(11(15-2)6-16-14(12)21-9)18(3)7-10(20-5)8-19-4/h6,9-10,15,17H,7-8H2,1-5H3. The number of nitrogens with one attached hydrogen (secondary N) is 2. The Morgan fingerprint density at radius 2 is 2.29 bits per heavy atom. The van der Waals surface area contributed by atoms with Crippen LogP contribution in [0.5, 0.6) is 0 Å². The SMILES string of the molecule is CNc1cnc2c(c1N(C)CC(COC)OC)NC(C)S2. The van der Waals surface area contributed by atoms with Crippen molar-refractivity contribution in [3.63, 3.8) is 0 Å². The monoisotopic (exact) mass is 312 g/mol. The van der Waals surface area contributed by atoms with Crippen molar-refractivity contribution in [2.45, 2.75) is 23.4 Å². The second-order valence-corrected chi connectivity index (χ2v) is 6.38. The van der Waals surface area contributed by atoms with Gasteiger partial charge in [0.05, 0.1) is 41.3 Å². The molecule has 0 spiro atoms. The van der Waals surface area contributed by atoms with Crippen LogP contribution < -0.4 is 15.5 Å². The molecule has 0 amide bonds. The molecule has 6 nitrogen and oxygen atoms in total. The first-order valence-corrected chi connectivity index (χ1v) is 7.85. The van der Waals surface area contributed by atoms with Gasteiger partial charge in [-0.1, -0.05) is 11.8 Å². The maximum Gasteiger partial charge on any atom is 0.123 e. The third-order valence-corrected chi connectivity index (χ3v) is 4.47. The van der Waals surface area contributed by atoms with Gasteiger partial charge < -0.3 is 25.0 Å². The van der Waals surface area contributed by atoms with Crippen molar-refractivity contribution < 1.29 is 9.47 Å². The largest absolute Gasteiger partial charge is 0.385 e. The molecule has 0 saturated heterocycles. The highest BCUT2D eigenvalue weighted by atomic mass is 32.2. The van der Waals surface area contributed by atoms with Gasteiger partial charge in [0.1, 0.15) is 5.03 Å². The van der Waals surface area contributed by atoms with Crippen LogP contribution in [0.25, 0.3) is 0 Å². The minimum absolute atomic E-state index is 0.0278. The summed E-state index contributed by atoms with van der Waals surface area (Å²) < 4.78 is 10.7. The molecule has 21 heavy (non-hydrogen) atoms. The quantitative estimate of drug-likeness (QED) is 0.799. The van der Waals surface area contributed by atoms with Gasteiger partial charge in [0, 0.05) is 34.9 Å². The number of hydrogen-bond acceptors (Lipinski definition) is 7. The van der Waals surface area contributed by atoms with E-state index in [0.29, 0.717) is 12.0 Å². The molecular formula is C14H24N4O2S. The topological polar surface area (TPSA) is 58.7 Å². The van der Waals surface area contributed by atoms with Crippen LogP contribution >= 0.6 is 11.8 Å². The maximum atomic E-state index is 5.47. The lowest BCUT2D eigenvalue weighted by atomic mass is 10.2. The fourth-order valence-electron chi connectivity index (χ4n) is 2.46. The molecule has 1 aromatic rings. The third kappa shape index (κ3) is 3.53. The Kier molecular flexibility index (Phi) is 5.55. The Balaban J connectivity index is 2.27. The summed E-state index contributed by atoms with van der Waals surface area (Å²) >= 11 is 1.74. The first kappa shape index (κ1) is 16.2. The average molecular weight is 312 g/mol. The lowest BCUT2D eigenvalue weighted by Crippen LogP contribution is -2.34. The van der Waals surface area contributed by atoms with E-state index >= 15 is 0 Å². The smallest absolute Gasteiger partial charge is 0.123 e. The number of methoxy groups -OCH3 is 2. The van der Waals surface area contributed by atoms with Crippen LogP contribution in [0.2, 0.25) is 0 Å². The lowest BCUT2D eigenvalue weighted by Gasteiger charge is -2.28. The number of thioether (sulfide) groups is 1. The molecule has 1 aromatic heterocycles. The number of hydrogen-bond donors (Lipinski definition) is 2. The molecule has 1 aliphatic rings. The molecule has 2 heterocycles. The minimum Gasteiger partial charge on any atom is -0.385 e. The zero-order valence-electron chi connectivity index (χ0n) is 13.3. The number of pyridine rings is 1. The van der Waals surface area contributed by atoms with Crippen molar-refractivity contribution >= 4 is 28.8 Å². The number of rotatable bonds is 7. The summed E-state index contributed by atoms with van der Waals surface area (Å²) in [7, 11) is 7.38. The van der Waals surface area contributed by atoms with Gasteiger partial charge >= 0.3 is 0 Å². The predicted molar refractivity (Wildman–Crippen MR) is 88.7 cm³/mol. The molecule has 0 fully saturated rings. The normalized spacial score (nSPS) is 18.0. The highest BCUT2D eigenvalue weighted by Gasteiger charge is 2.26. The number of aromatic nitrogens is 1. The average Bonchev–Trinajstić information content (AvgIpc) is 2.85. The van der Waals surface area contributed by atoms with Crippen LogP contribution in [0.3, 0.4) is 0 Å². The first-order chi connectivity index (χ1) is 10.1. The molecule has 1 aliphatic heterocycles. The van der Waals surface area contributed by atoms with Crippen molar-refractivity contribution in [3.8, 4) is 0 Å². The van der Waals surface area contributed by atoms with E-state index in [0.717, 1.165) is 28.6 Å². The zero-order valence-corrected chi connectivity index (χ0v) is 14.1. The molecule has 2 atom stereocenters. The van der Waals surface area contributed by atoms with Crippen molar-refractivity contribution in [2.24, 2.45) is 0 Å². The van der Waals surface area contributed by atoms with Crippen LogP contribution in [-0.4, -0.2) is 57.9 Å². The number of fused-ring (bicyclic) bond motifs is 1. The summed E-state index contributed by atoms with van der Waals surface area (Å²) in [6.07, 6.45) is 1.91. The maximum absolute atomic E-state index is 5.47. The number of likely N-dealkylation sites (N-methyl/N-ethyl adjacent to an activating group) is 1. The Bertz CT molecular complexity index is 486. The third-order valence-electron chi connectivity index (χ3n) is 3.47. The van der Waals surface area contributed by atoms with E-state index in [9.17, 15) is 0 Å². The molecule has 118 valence electrons. The van der Waals surface area contributed by atoms with Crippen LogP contribution in [0.4, 0.5) is 17.1 Å². The second kappa shape index (κ2) is 7.20. The fraction of sp³-hybridized carbons (Fsp3) is 0.643. The Labute approximate surface area is 130 Å². The summed E-state index contributed by atoms with van der Waals surface area (Å²) in [5.41, 5.74) is 3.22. The molecule has 0 aromatic carbocycles. The fourth-order valence-corrected chi connectivity index (χ4v) is 3.36. The highest BCUT2D eigenvalue weighted by molar-refractivity contribution is 8.00. The van der Waals surface area contributed by atoms with Gasteiger partial charge in [-0.05, 0) is 6.92 Å². The molecule has 0 bridgehead atoms. The Morgan fingerprint density at radius 1 is 1.52 bits per heavy atom. The molecule has 2 unspecified atom stereocenters. The minimum atomic E-state index is 0.0278. The van der Waals surface area contributed by atoms with Crippen molar-refractivity contribution in [1.82, 2.24) is 4.98 Å². The van der Waals surface area contributed by atoms with E-state index in [1.54, 1.807) is 26.0 Å². The number of anilines is 3.